The third-order valence-electron chi connectivity index (χ3n) is 6.49. The molecule has 9 nitrogen and oxygen atoms in total. The van der Waals surface area contributed by atoms with Crippen LogP contribution in [0.5, 0.6) is 5.75 Å². The van der Waals surface area contributed by atoms with E-state index >= 15 is 0 Å². The fraction of sp³-hybridized carbons (Fsp3) is 0.348. The summed E-state index contributed by atoms with van der Waals surface area (Å²) in [5, 5.41) is 17.6. The number of ether oxygens (including phenoxy) is 1. The first kappa shape index (κ1) is 20.9. The summed E-state index contributed by atoms with van der Waals surface area (Å²) in [5.74, 6) is -0.135. The Morgan fingerprint density at radius 2 is 2.18 bits per heavy atom. The molecule has 0 spiro atoms. The zero-order valence-corrected chi connectivity index (χ0v) is 18.2. The minimum Gasteiger partial charge on any atom is -0.406 e. The number of aromatic amines is 1. The van der Waals surface area contributed by atoms with Gasteiger partial charge in [-0.3, -0.25) is 4.68 Å². The molecule has 0 unspecified atom stereocenters. The Hall–Kier alpha value is -4.00. The smallest absolute Gasteiger partial charge is 0.406 e. The van der Waals surface area contributed by atoms with Gasteiger partial charge in [-0.1, -0.05) is 12.8 Å². The predicted molar refractivity (Wildman–Crippen MR) is 119 cm³/mol. The van der Waals surface area contributed by atoms with Gasteiger partial charge in [0.25, 0.3) is 0 Å². The molecule has 0 bridgehead atoms. The van der Waals surface area contributed by atoms with Crippen LogP contribution in [0.25, 0.3) is 33.5 Å². The van der Waals surface area contributed by atoms with E-state index in [0.717, 1.165) is 31.1 Å². The standard InChI is InChI=1S/C23H22FN7O2/c1-13(23(12-25)7-3-4-8-23)28-22(32)33-18-11-27-21-20(18)29-16(10-26-21)19-15-6-5-14(24)9-17(15)31(2)30-19/h5-6,9-11,13H,3-4,7-8H2,1-2H3,(H,26,27)(H,28,32)/t13-/m1/s1. The van der Waals surface area contributed by atoms with Crippen LogP contribution < -0.4 is 10.1 Å². The molecule has 0 radical (unpaired) electrons. The number of nitriles is 1. The average molecular weight is 447 g/mol. The first-order chi connectivity index (χ1) is 15.9. The van der Waals surface area contributed by atoms with Gasteiger partial charge in [-0.15, -0.1) is 0 Å². The largest absolute Gasteiger partial charge is 0.412 e. The SMILES string of the molecule is C[C@@H](NC(=O)Oc1c[nH]c2ncc(-c3nn(C)c4cc(F)ccc34)nc12)C1(C#N)CCCC1. The molecular formula is C23H22FN7O2. The van der Waals surface area contributed by atoms with Crippen molar-refractivity contribution in [2.45, 2.75) is 38.6 Å². The first-order valence-electron chi connectivity index (χ1n) is 10.8. The third kappa shape index (κ3) is 3.55. The molecule has 3 aromatic heterocycles. The van der Waals surface area contributed by atoms with Crippen molar-refractivity contribution in [1.29, 1.82) is 5.26 Å². The summed E-state index contributed by atoms with van der Waals surface area (Å²) in [6, 6.07) is 6.47. The predicted octanol–water partition coefficient (Wildman–Crippen LogP) is 4.21. The van der Waals surface area contributed by atoms with Crippen molar-refractivity contribution in [3.8, 4) is 23.2 Å². The highest BCUT2D eigenvalue weighted by Crippen LogP contribution is 2.40. The molecule has 1 aliphatic rings. The van der Waals surface area contributed by atoms with Crippen LogP contribution >= 0.6 is 0 Å². The van der Waals surface area contributed by atoms with Gasteiger partial charge >= 0.3 is 6.09 Å². The molecule has 33 heavy (non-hydrogen) atoms. The quantitative estimate of drug-likeness (QED) is 0.483. The number of carbonyl (C=O) groups is 1. The fourth-order valence-corrected chi connectivity index (χ4v) is 4.57. The van der Waals surface area contributed by atoms with E-state index in [9.17, 15) is 14.4 Å². The maximum Gasteiger partial charge on any atom is 0.412 e. The maximum atomic E-state index is 13.7. The van der Waals surface area contributed by atoms with Crippen LogP contribution in [0.2, 0.25) is 0 Å². The van der Waals surface area contributed by atoms with E-state index in [1.807, 2.05) is 6.92 Å². The Morgan fingerprint density at radius 3 is 2.94 bits per heavy atom. The number of aromatic nitrogens is 5. The number of halogens is 1. The van der Waals surface area contributed by atoms with Gasteiger partial charge in [-0.25, -0.2) is 19.2 Å². The number of nitrogens with zero attached hydrogens (tertiary/aromatic N) is 5. The van der Waals surface area contributed by atoms with Crippen molar-refractivity contribution in [3.63, 3.8) is 0 Å². The normalized spacial score (nSPS) is 16.1. The highest BCUT2D eigenvalue weighted by atomic mass is 19.1. The molecule has 1 amide bonds. The lowest BCUT2D eigenvalue weighted by Gasteiger charge is -2.28. The number of nitrogens with one attached hydrogen (secondary N) is 2. The van der Waals surface area contributed by atoms with Crippen LogP contribution in [-0.2, 0) is 7.05 Å². The summed E-state index contributed by atoms with van der Waals surface area (Å²) in [5.41, 5.74) is 1.89. The molecule has 5 rings (SSSR count). The summed E-state index contributed by atoms with van der Waals surface area (Å²) in [6.07, 6.45) is 5.89. The number of rotatable bonds is 4. The summed E-state index contributed by atoms with van der Waals surface area (Å²) in [7, 11) is 1.73. The van der Waals surface area contributed by atoms with Gasteiger partial charge in [0.15, 0.2) is 16.9 Å². The van der Waals surface area contributed by atoms with Gasteiger partial charge in [-0.05, 0) is 38.0 Å². The van der Waals surface area contributed by atoms with Crippen molar-refractivity contribution >= 4 is 28.2 Å². The lowest BCUT2D eigenvalue weighted by molar-refractivity contribution is 0.185. The second kappa shape index (κ2) is 7.85. The van der Waals surface area contributed by atoms with Gasteiger partial charge in [0, 0.05) is 24.7 Å². The number of aryl methyl sites for hydroxylation is 1. The number of H-pyrrole nitrogens is 1. The van der Waals surface area contributed by atoms with Crippen LogP contribution in [0.3, 0.4) is 0 Å². The highest BCUT2D eigenvalue weighted by Gasteiger charge is 2.40. The number of benzene rings is 1. The van der Waals surface area contributed by atoms with Crippen molar-refractivity contribution < 1.29 is 13.9 Å². The summed E-state index contributed by atoms with van der Waals surface area (Å²) in [4.78, 5) is 24.5. The molecule has 0 aliphatic heterocycles. The van der Waals surface area contributed by atoms with E-state index in [-0.39, 0.29) is 17.6 Å². The molecule has 168 valence electrons. The molecule has 3 heterocycles. The van der Waals surface area contributed by atoms with E-state index in [4.69, 9.17) is 4.74 Å². The van der Waals surface area contributed by atoms with Crippen LogP contribution in [-0.4, -0.2) is 36.9 Å². The van der Waals surface area contributed by atoms with Crippen molar-refractivity contribution in [3.05, 3.63) is 36.4 Å². The molecule has 1 aliphatic carbocycles. The minimum absolute atomic E-state index is 0.216. The van der Waals surface area contributed by atoms with Crippen LogP contribution in [0, 0.1) is 22.6 Å². The zero-order valence-electron chi connectivity index (χ0n) is 18.2. The second-order valence-electron chi connectivity index (χ2n) is 8.47. The van der Waals surface area contributed by atoms with E-state index < -0.39 is 11.5 Å². The number of carbonyl (C=O) groups excluding carboxylic acids is 1. The molecule has 1 aromatic carbocycles. The maximum absolute atomic E-state index is 13.7. The number of hydrogen-bond acceptors (Lipinski definition) is 6. The summed E-state index contributed by atoms with van der Waals surface area (Å²) in [6.45, 7) is 1.83. The number of amides is 1. The van der Waals surface area contributed by atoms with E-state index in [1.165, 1.54) is 18.3 Å². The lowest BCUT2D eigenvalue weighted by atomic mass is 9.81. The highest BCUT2D eigenvalue weighted by molar-refractivity contribution is 5.93. The molecule has 1 fully saturated rings. The Labute approximate surface area is 188 Å². The molecule has 0 saturated heterocycles. The Balaban J connectivity index is 1.43. The third-order valence-corrected chi connectivity index (χ3v) is 6.49. The summed E-state index contributed by atoms with van der Waals surface area (Å²) < 4.78 is 20.8. The van der Waals surface area contributed by atoms with Crippen LogP contribution in [0.4, 0.5) is 9.18 Å². The van der Waals surface area contributed by atoms with Gasteiger partial charge < -0.3 is 15.0 Å². The molecule has 2 N–H and O–H groups in total. The van der Waals surface area contributed by atoms with Gasteiger partial charge in [-0.2, -0.15) is 10.4 Å². The number of hydrogen-bond donors (Lipinski definition) is 2. The van der Waals surface area contributed by atoms with E-state index in [0.29, 0.717) is 28.1 Å². The molecular weight excluding hydrogens is 425 g/mol. The Morgan fingerprint density at radius 1 is 1.39 bits per heavy atom. The second-order valence-corrected chi connectivity index (χ2v) is 8.47. The van der Waals surface area contributed by atoms with Crippen LogP contribution in [0.1, 0.15) is 32.6 Å². The number of fused-ring (bicyclic) bond motifs is 2. The van der Waals surface area contributed by atoms with Gasteiger partial charge in [0.1, 0.15) is 17.2 Å². The molecule has 1 saturated carbocycles. The van der Waals surface area contributed by atoms with Crippen molar-refractivity contribution in [2.24, 2.45) is 12.5 Å². The fourth-order valence-electron chi connectivity index (χ4n) is 4.57. The van der Waals surface area contributed by atoms with Crippen LogP contribution in [0.15, 0.2) is 30.6 Å². The molecule has 1 atom stereocenters. The van der Waals surface area contributed by atoms with Crippen molar-refractivity contribution in [1.82, 2.24) is 30.0 Å². The van der Waals surface area contributed by atoms with Crippen molar-refractivity contribution in [2.75, 3.05) is 0 Å². The first-order valence-corrected chi connectivity index (χ1v) is 10.8. The molecule has 4 aromatic rings. The lowest BCUT2D eigenvalue weighted by Crippen LogP contribution is -2.45. The monoisotopic (exact) mass is 447 g/mol. The average Bonchev–Trinajstić information content (AvgIpc) is 3.52. The Bertz CT molecular complexity index is 1410. The van der Waals surface area contributed by atoms with Gasteiger partial charge in [0.05, 0.1) is 23.2 Å². The van der Waals surface area contributed by atoms with Gasteiger partial charge in [0.2, 0.25) is 0 Å². The Kier molecular flexibility index (Phi) is 4.96. The van der Waals surface area contributed by atoms with E-state index in [1.54, 1.807) is 24.0 Å². The van der Waals surface area contributed by atoms with E-state index in [2.05, 4.69) is 31.4 Å². The zero-order chi connectivity index (χ0) is 23.2. The minimum atomic E-state index is -0.657. The topological polar surface area (TPSA) is 122 Å². The summed E-state index contributed by atoms with van der Waals surface area (Å²) >= 11 is 0. The molecule has 10 heteroatoms.